The van der Waals surface area contributed by atoms with Crippen LogP contribution in [0.1, 0.15) is 41.6 Å². The number of halogens is 1. The van der Waals surface area contributed by atoms with Gasteiger partial charge in [-0.1, -0.05) is 11.6 Å². The molecule has 1 aromatic heterocycles. The van der Waals surface area contributed by atoms with Crippen LogP contribution in [0.25, 0.3) is 0 Å². The van der Waals surface area contributed by atoms with Crippen molar-refractivity contribution in [3.05, 3.63) is 46.7 Å². The van der Waals surface area contributed by atoms with E-state index >= 15 is 0 Å². The van der Waals surface area contributed by atoms with Crippen LogP contribution in [0.5, 0.6) is 11.5 Å². The smallest absolute Gasteiger partial charge is 0.270 e. The van der Waals surface area contributed by atoms with Gasteiger partial charge in [-0.2, -0.15) is 0 Å². The number of anilines is 1. The predicted molar refractivity (Wildman–Crippen MR) is 104 cm³/mol. The van der Waals surface area contributed by atoms with Gasteiger partial charge in [-0.15, -0.1) is 0 Å². The summed E-state index contributed by atoms with van der Waals surface area (Å²) in [5, 5.41) is 5.90. The highest BCUT2D eigenvalue weighted by Crippen LogP contribution is 2.36. The number of hydrogen-bond acceptors (Lipinski definition) is 5. The molecule has 0 bridgehead atoms. The quantitative estimate of drug-likeness (QED) is 0.813. The number of benzene rings is 1. The Bertz CT molecular complexity index is 863. The minimum Gasteiger partial charge on any atom is -0.495 e. The van der Waals surface area contributed by atoms with Crippen molar-refractivity contribution in [1.29, 1.82) is 0 Å². The number of pyridine rings is 1. The van der Waals surface area contributed by atoms with Crippen molar-refractivity contribution >= 4 is 29.1 Å². The Labute approximate surface area is 163 Å². The number of amides is 2. The SMILES string of the molecule is COc1cc(NC(=O)c2ccnc(C(=O)NC(C)(C)C)c2)c(OC)cc1Cl. The Hall–Kier alpha value is -2.80. The average molecular weight is 392 g/mol. The number of rotatable bonds is 5. The first-order valence-electron chi connectivity index (χ1n) is 8.16. The number of hydrogen-bond donors (Lipinski definition) is 2. The third-order valence-corrected chi connectivity index (χ3v) is 3.76. The van der Waals surface area contributed by atoms with Crippen LogP contribution >= 0.6 is 11.6 Å². The Morgan fingerprint density at radius 3 is 2.30 bits per heavy atom. The molecule has 27 heavy (non-hydrogen) atoms. The molecule has 7 nitrogen and oxygen atoms in total. The second kappa shape index (κ2) is 8.26. The lowest BCUT2D eigenvalue weighted by Gasteiger charge is -2.20. The van der Waals surface area contributed by atoms with E-state index in [1.807, 2.05) is 20.8 Å². The maximum absolute atomic E-state index is 12.6. The van der Waals surface area contributed by atoms with Gasteiger partial charge in [0.05, 0.1) is 24.9 Å². The van der Waals surface area contributed by atoms with Gasteiger partial charge in [0.25, 0.3) is 11.8 Å². The molecule has 8 heteroatoms. The molecule has 0 aliphatic carbocycles. The van der Waals surface area contributed by atoms with Crippen molar-refractivity contribution in [3.8, 4) is 11.5 Å². The Balaban J connectivity index is 2.27. The van der Waals surface area contributed by atoms with Gasteiger partial charge in [-0.25, -0.2) is 0 Å². The molecule has 0 aliphatic heterocycles. The van der Waals surface area contributed by atoms with E-state index in [1.165, 1.54) is 32.5 Å². The number of nitrogens with one attached hydrogen (secondary N) is 2. The van der Waals surface area contributed by atoms with Crippen molar-refractivity contribution in [2.75, 3.05) is 19.5 Å². The van der Waals surface area contributed by atoms with Crippen molar-refractivity contribution in [2.45, 2.75) is 26.3 Å². The summed E-state index contributed by atoms with van der Waals surface area (Å²) in [5.41, 5.74) is 0.407. The molecule has 144 valence electrons. The molecular weight excluding hydrogens is 370 g/mol. The van der Waals surface area contributed by atoms with Crippen molar-refractivity contribution in [1.82, 2.24) is 10.3 Å². The maximum atomic E-state index is 12.6. The summed E-state index contributed by atoms with van der Waals surface area (Å²) in [6.07, 6.45) is 1.41. The molecule has 0 unspecified atom stereocenters. The summed E-state index contributed by atoms with van der Waals surface area (Å²) in [5.74, 6) is -0.00517. The number of nitrogens with zero attached hydrogens (tertiary/aromatic N) is 1. The topological polar surface area (TPSA) is 89.5 Å². The van der Waals surface area contributed by atoms with Crippen LogP contribution in [0.4, 0.5) is 5.69 Å². The zero-order chi connectivity index (χ0) is 20.2. The van der Waals surface area contributed by atoms with Gasteiger partial charge in [0.2, 0.25) is 0 Å². The molecule has 1 heterocycles. The van der Waals surface area contributed by atoms with Gasteiger partial charge < -0.3 is 20.1 Å². The summed E-state index contributed by atoms with van der Waals surface area (Å²) in [6, 6.07) is 6.05. The molecule has 0 spiro atoms. The third kappa shape index (κ3) is 5.34. The molecule has 0 saturated carbocycles. The fourth-order valence-electron chi connectivity index (χ4n) is 2.25. The lowest BCUT2D eigenvalue weighted by molar-refractivity contribution is 0.0914. The van der Waals surface area contributed by atoms with Gasteiger partial charge in [-0.05, 0) is 32.9 Å². The largest absolute Gasteiger partial charge is 0.495 e. The normalized spacial score (nSPS) is 10.9. The molecule has 0 saturated heterocycles. The van der Waals surface area contributed by atoms with Crippen molar-refractivity contribution < 1.29 is 19.1 Å². The molecule has 0 aliphatic rings. The number of methoxy groups -OCH3 is 2. The van der Waals surface area contributed by atoms with Gasteiger partial charge in [-0.3, -0.25) is 14.6 Å². The molecule has 2 rings (SSSR count). The van der Waals surface area contributed by atoms with Gasteiger partial charge in [0, 0.05) is 29.4 Å². The van der Waals surface area contributed by atoms with Crippen LogP contribution in [0.15, 0.2) is 30.5 Å². The highest BCUT2D eigenvalue weighted by atomic mass is 35.5. The first-order chi connectivity index (χ1) is 12.6. The molecule has 0 radical (unpaired) electrons. The van der Waals surface area contributed by atoms with Crippen LogP contribution < -0.4 is 20.1 Å². The zero-order valence-electron chi connectivity index (χ0n) is 15.8. The van der Waals surface area contributed by atoms with E-state index < -0.39 is 11.4 Å². The van der Waals surface area contributed by atoms with E-state index in [2.05, 4.69) is 15.6 Å². The number of carbonyl (C=O) groups excluding carboxylic acids is 2. The van der Waals surface area contributed by atoms with E-state index in [1.54, 1.807) is 12.1 Å². The van der Waals surface area contributed by atoms with Crippen LogP contribution in [-0.4, -0.2) is 36.6 Å². The fraction of sp³-hybridized carbons (Fsp3) is 0.316. The minimum absolute atomic E-state index is 0.151. The van der Waals surface area contributed by atoms with Crippen LogP contribution in [-0.2, 0) is 0 Å². The van der Waals surface area contributed by atoms with Crippen LogP contribution in [0, 0.1) is 0 Å². The van der Waals surface area contributed by atoms with Crippen molar-refractivity contribution in [2.24, 2.45) is 0 Å². The third-order valence-electron chi connectivity index (χ3n) is 3.47. The molecule has 0 atom stereocenters. The summed E-state index contributed by atoms with van der Waals surface area (Å²) in [7, 11) is 2.94. The second-order valence-corrected chi connectivity index (χ2v) is 7.18. The van der Waals surface area contributed by atoms with Crippen LogP contribution in [0.2, 0.25) is 5.02 Å². The number of ether oxygens (including phenoxy) is 2. The van der Waals surface area contributed by atoms with E-state index in [0.29, 0.717) is 22.2 Å². The molecule has 0 fully saturated rings. The van der Waals surface area contributed by atoms with Crippen LogP contribution in [0.3, 0.4) is 0 Å². The van der Waals surface area contributed by atoms with Crippen molar-refractivity contribution in [3.63, 3.8) is 0 Å². The molecule has 2 N–H and O–H groups in total. The number of aromatic nitrogens is 1. The lowest BCUT2D eigenvalue weighted by Crippen LogP contribution is -2.41. The fourth-order valence-corrected chi connectivity index (χ4v) is 2.48. The Morgan fingerprint density at radius 1 is 1.04 bits per heavy atom. The summed E-state index contributed by atoms with van der Waals surface area (Å²) >= 11 is 6.07. The van der Waals surface area contributed by atoms with Gasteiger partial charge in [0.1, 0.15) is 17.2 Å². The molecule has 1 aromatic carbocycles. The first-order valence-corrected chi connectivity index (χ1v) is 8.54. The first kappa shape index (κ1) is 20.5. The zero-order valence-corrected chi connectivity index (χ0v) is 16.6. The van der Waals surface area contributed by atoms with Gasteiger partial charge in [0.15, 0.2) is 0 Å². The molecule has 2 amide bonds. The molecule has 2 aromatic rings. The Kier molecular flexibility index (Phi) is 6.28. The minimum atomic E-state index is -0.426. The van der Waals surface area contributed by atoms with E-state index in [0.717, 1.165) is 0 Å². The summed E-state index contributed by atoms with van der Waals surface area (Å²) in [6.45, 7) is 5.59. The standard InChI is InChI=1S/C19H22ClN3O4/c1-19(2,3)23-18(25)14-8-11(6-7-21-14)17(24)22-13-10-15(26-4)12(20)9-16(13)27-5/h6-10H,1-5H3,(H,22,24)(H,23,25). The van der Waals surface area contributed by atoms with E-state index in [4.69, 9.17) is 21.1 Å². The highest BCUT2D eigenvalue weighted by molar-refractivity contribution is 6.32. The highest BCUT2D eigenvalue weighted by Gasteiger charge is 2.19. The summed E-state index contributed by atoms with van der Waals surface area (Å²) < 4.78 is 10.4. The number of carbonyl (C=O) groups is 2. The molecular formula is C19H22ClN3O4. The van der Waals surface area contributed by atoms with E-state index in [9.17, 15) is 9.59 Å². The maximum Gasteiger partial charge on any atom is 0.270 e. The monoisotopic (exact) mass is 391 g/mol. The Morgan fingerprint density at radius 2 is 1.70 bits per heavy atom. The lowest BCUT2D eigenvalue weighted by atomic mass is 10.1. The van der Waals surface area contributed by atoms with Gasteiger partial charge >= 0.3 is 0 Å². The average Bonchev–Trinajstić information content (AvgIpc) is 2.61. The predicted octanol–water partition coefficient (Wildman–Crippen LogP) is 3.53. The van der Waals surface area contributed by atoms with E-state index in [-0.39, 0.29) is 17.2 Å². The summed E-state index contributed by atoms with van der Waals surface area (Å²) in [4.78, 5) is 28.9. The second-order valence-electron chi connectivity index (χ2n) is 6.78.